The van der Waals surface area contributed by atoms with Crippen LogP contribution in [0.15, 0.2) is 30.3 Å². The number of rotatable bonds is 10. The third-order valence-electron chi connectivity index (χ3n) is 5.87. The van der Waals surface area contributed by atoms with E-state index in [2.05, 4.69) is 48.9 Å². The number of ether oxygens (including phenoxy) is 2. The molecule has 1 fully saturated rings. The fourth-order valence-electron chi connectivity index (χ4n) is 3.84. The zero-order valence-corrected chi connectivity index (χ0v) is 18.0. The van der Waals surface area contributed by atoms with Crippen LogP contribution < -0.4 is 4.74 Å². The van der Waals surface area contributed by atoms with Crippen LogP contribution in [0.5, 0.6) is 5.75 Å². The highest BCUT2D eigenvalue weighted by Crippen LogP contribution is 2.33. The Morgan fingerprint density at radius 1 is 1.24 bits per heavy atom. The summed E-state index contributed by atoms with van der Waals surface area (Å²) in [6.07, 6.45) is 4.48. The number of nitrogens with zero attached hydrogens (tertiary/aromatic N) is 2. The van der Waals surface area contributed by atoms with Crippen LogP contribution in [0, 0.1) is 0 Å². The van der Waals surface area contributed by atoms with E-state index in [4.69, 9.17) is 9.47 Å². The molecule has 2 aromatic rings. The van der Waals surface area contributed by atoms with Gasteiger partial charge in [0.2, 0.25) is 0 Å². The van der Waals surface area contributed by atoms with Gasteiger partial charge in [-0.15, -0.1) is 0 Å². The molecule has 0 aliphatic carbocycles. The lowest BCUT2D eigenvalue weighted by Gasteiger charge is -2.28. The third kappa shape index (κ3) is 5.56. The summed E-state index contributed by atoms with van der Waals surface area (Å²) >= 11 is 0. The highest BCUT2D eigenvalue weighted by molar-refractivity contribution is 5.98. The molecule has 1 aliphatic rings. The molecule has 0 amide bonds. The van der Waals surface area contributed by atoms with Gasteiger partial charge in [0.05, 0.1) is 18.8 Å². The number of unbranched alkanes of at least 4 members (excludes halogenated alkanes) is 1. The van der Waals surface area contributed by atoms with Crippen LogP contribution in [-0.2, 0) is 11.3 Å². The maximum absolute atomic E-state index is 11.9. The molecule has 158 valence electrons. The average molecular weight is 399 g/mol. The molecular formula is C24H34N2O3. The normalized spacial score (nSPS) is 16.3. The smallest absolute Gasteiger partial charge is 0.153 e. The minimum atomic E-state index is 0.446. The molecule has 0 bridgehead atoms. The Hall–Kier alpha value is -1.95. The topological polar surface area (TPSA) is 42.0 Å². The first-order chi connectivity index (χ1) is 14.1. The van der Waals surface area contributed by atoms with Gasteiger partial charge in [0.25, 0.3) is 0 Å². The number of carbonyl (C=O) groups is 1. The summed E-state index contributed by atoms with van der Waals surface area (Å²) in [7, 11) is 2.08. The van der Waals surface area contributed by atoms with Crippen molar-refractivity contribution in [3.8, 4) is 5.75 Å². The molecule has 3 rings (SSSR count). The maximum atomic E-state index is 11.9. The molecule has 0 spiro atoms. The summed E-state index contributed by atoms with van der Waals surface area (Å²) in [5.74, 6) is 0.691. The summed E-state index contributed by atoms with van der Waals surface area (Å²) in [5.41, 5.74) is 1.79. The van der Waals surface area contributed by atoms with E-state index in [9.17, 15) is 4.79 Å². The van der Waals surface area contributed by atoms with Crippen LogP contribution in [0.4, 0.5) is 0 Å². The molecule has 29 heavy (non-hydrogen) atoms. The van der Waals surface area contributed by atoms with E-state index in [-0.39, 0.29) is 0 Å². The number of aldehydes is 1. The molecule has 1 atom stereocenters. The number of fused-ring (bicyclic) bond motifs is 1. The van der Waals surface area contributed by atoms with Crippen LogP contribution in [-0.4, -0.2) is 62.2 Å². The molecular weight excluding hydrogens is 364 g/mol. The van der Waals surface area contributed by atoms with E-state index in [1.54, 1.807) is 0 Å². The van der Waals surface area contributed by atoms with Gasteiger partial charge in [-0.1, -0.05) is 44.0 Å². The number of morpholine rings is 1. The van der Waals surface area contributed by atoms with Crippen LogP contribution >= 0.6 is 0 Å². The lowest BCUT2D eigenvalue weighted by atomic mass is 9.99. The SMILES string of the molecule is CCCCC(C)N(C)COc1c(C=O)cc(CN2CCOCC2)c2ccccc12. The first kappa shape index (κ1) is 21.8. The number of hydrogen-bond acceptors (Lipinski definition) is 5. The first-order valence-corrected chi connectivity index (χ1v) is 10.8. The first-order valence-electron chi connectivity index (χ1n) is 10.8. The third-order valence-corrected chi connectivity index (χ3v) is 5.87. The molecule has 0 aromatic heterocycles. The maximum Gasteiger partial charge on any atom is 0.153 e. The van der Waals surface area contributed by atoms with Gasteiger partial charge in [0.15, 0.2) is 6.29 Å². The van der Waals surface area contributed by atoms with Crippen LogP contribution in [0.2, 0.25) is 0 Å². The van der Waals surface area contributed by atoms with Crippen molar-refractivity contribution in [2.24, 2.45) is 0 Å². The van der Waals surface area contributed by atoms with Gasteiger partial charge < -0.3 is 9.47 Å². The van der Waals surface area contributed by atoms with Crippen molar-refractivity contribution < 1.29 is 14.3 Å². The number of carbonyl (C=O) groups excluding carboxylic acids is 1. The van der Waals surface area contributed by atoms with Gasteiger partial charge in [-0.2, -0.15) is 0 Å². The number of benzene rings is 2. The summed E-state index contributed by atoms with van der Waals surface area (Å²) in [5, 5.41) is 2.16. The predicted molar refractivity (Wildman–Crippen MR) is 118 cm³/mol. The predicted octanol–water partition coefficient (Wildman–Crippen LogP) is 4.33. The van der Waals surface area contributed by atoms with Crippen molar-refractivity contribution in [2.45, 2.75) is 45.7 Å². The fraction of sp³-hybridized carbons (Fsp3) is 0.542. The Morgan fingerprint density at radius 2 is 1.97 bits per heavy atom. The van der Waals surface area contributed by atoms with E-state index in [0.717, 1.165) is 56.3 Å². The molecule has 0 saturated carbocycles. The van der Waals surface area contributed by atoms with Gasteiger partial charge in [0.1, 0.15) is 12.5 Å². The lowest BCUT2D eigenvalue weighted by molar-refractivity contribution is 0.0343. The minimum absolute atomic E-state index is 0.446. The largest absolute Gasteiger partial charge is 0.477 e. The highest BCUT2D eigenvalue weighted by Gasteiger charge is 2.18. The molecule has 5 heteroatoms. The molecule has 1 aliphatic heterocycles. The second kappa shape index (κ2) is 10.7. The Bertz CT molecular complexity index is 802. The molecule has 1 saturated heterocycles. The second-order valence-corrected chi connectivity index (χ2v) is 8.03. The average Bonchev–Trinajstić information content (AvgIpc) is 2.76. The van der Waals surface area contributed by atoms with Crippen molar-refractivity contribution >= 4 is 17.1 Å². The molecule has 1 heterocycles. The Morgan fingerprint density at radius 3 is 2.66 bits per heavy atom. The van der Waals surface area contributed by atoms with Crippen molar-refractivity contribution in [2.75, 3.05) is 40.1 Å². The summed E-state index contributed by atoms with van der Waals surface area (Å²) in [6, 6.07) is 10.7. The lowest BCUT2D eigenvalue weighted by Crippen LogP contribution is -2.35. The fourth-order valence-corrected chi connectivity index (χ4v) is 3.84. The number of hydrogen-bond donors (Lipinski definition) is 0. The van der Waals surface area contributed by atoms with Crippen LogP contribution in [0.1, 0.15) is 49.0 Å². The monoisotopic (exact) mass is 398 g/mol. The zero-order chi connectivity index (χ0) is 20.6. The summed E-state index contributed by atoms with van der Waals surface area (Å²) < 4.78 is 11.7. The van der Waals surface area contributed by atoms with Crippen molar-refractivity contribution in [3.63, 3.8) is 0 Å². The summed E-state index contributed by atoms with van der Waals surface area (Å²) in [4.78, 5) is 16.5. The Labute approximate surface area is 174 Å². The molecule has 2 aromatic carbocycles. The van der Waals surface area contributed by atoms with Crippen molar-refractivity contribution in [1.82, 2.24) is 9.80 Å². The van der Waals surface area contributed by atoms with Gasteiger partial charge in [0, 0.05) is 31.1 Å². The van der Waals surface area contributed by atoms with Gasteiger partial charge >= 0.3 is 0 Å². The van der Waals surface area contributed by atoms with E-state index >= 15 is 0 Å². The molecule has 1 unspecified atom stereocenters. The van der Waals surface area contributed by atoms with E-state index in [1.165, 1.54) is 18.4 Å². The van der Waals surface area contributed by atoms with Crippen molar-refractivity contribution in [3.05, 3.63) is 41.5 Å². The van der Waals surface area contributed by atoms with Crippen LogP contribution in [0.3, 0.4) is 0 Å². The van der Waals surface area contributed by atoms with Gasteiger partial charge in [-0.05, 0) is 37.4 Å². The van der Waals surface area contributed by atoms with Gasteiger partial charge in [-0.3, -0.25) is 14.6 Å². The molecule has 0 radical (unpaired) electrons. The van der Waals surface area contributed by atoms with E-state index < -0.39 is 0 Å². The Balaban J connectivity index is 1.83. The van der Waals surface area contributed by atoms with Crippen LogP contribution in [0.25, 0.3) is 10.8 Å². The quantitative estimate of drug-likeness (QED) is 0.440. The van der Waals surface area contributed by atoms with E-state index in [1.807, 2.05) is 12.1 Å². The Kier molecular flexibility index (Phi) is 8.04. The summed E-state index contributed by atoms with van der Waals surface area (Å²) in [6.45, 7) is 9.10. The highest BCUT2D eigenvalue weighted by atomic mass is 16.5. The van der Waals surface area contributed by atoms with Crippen molar-refractivity contribution in [1.29, 1.82) is 0 Å². The standard InChI is InChI=1S/C24H34N2O3/c1-4-5-8-19(2)25(3)18-29-24-21(17-27)15-20(16-26-11-13-28-14-12-26)22-9-6-7-10-23(22)24/h6-7,9-10,15,17,19H,4-5,8,11-14,16,18H2,1-3H3. The molecule has 5 nitrogen and oxygen atoms in total. The van der Waals surface area contributed by atoms with Gasteiger partial charge in [-0.25, -0.2) is 0 Å². The minimum Gasteiger partial charge on any atom is -0.477 e. The second-order valence-electron chi connectivity index (χ2n) is 8.03. The van der Waals surface area contributed by atoms with E-state index in [0.29, 0.717) is 24.1 Å². The molecule has 0 N–H and O–H groups in total. The zero-order valence-electron chi connectivity index (χ0n) is 18.0.